The number of pyridine rings is 1. The van der Waals surface area contributed by atoms with Crippen LogP contribution in [0, 0.1) is 13.8 Å². The van der Waals surface area contributed by atoms with Gasteiger partial charge in [0, 0.05) is 21.8 Å². The highest BCUT2D eigenvalue weighted by molar-refractivity contribution is 6.36. The summed E-state index contributed by atoms with van der Waals surface area (Å²) in [5.74, 6) is 0.740. The number of imidazole rings is 1. The lowest BCUT2D eigenvalue weighted by atomic mass is 10.1. The summed E-state index contributed by atoms with van der Waals surface area (Å²) in [6, 6.07) is 13.5. The van der Waals surface area contributed by atoms with Gasteiger partial charge >= 0.3 is 0 Å². The molecule has 6 heteroatoms. The van der Waals surface area contributed by atoms with Crippen molar-refractivity contribution in [3.05, 3.63) is 80.6 Å². The normalized spacial score (nSPS) is 11.3. The SMILES string of the molecule is Cc1cc2nc(-c3cccnc3Cl)n(Cc3c(Cl)cccc3Cl)c2cc1C. The van der Waals surface area contributed by atoms with Crippen LogP contribution >= 0.6 is 34.8 Å². The van der Waals surface area contributed by atoms with E-state index in [9.17, 15) is 0 Å². The van der Waals surface area contributed by atoms with Crippen molar-refractivity contribution >= 4 is 45.8 Å². The maximum atomic E-state index is 6.43. The second kappa shape index (κ2) is 7.16. The summed E-state index contributed by atoms with van der Waals surface area (Å²) >= 11 is 19.2. The number of aryl methyl sites for hydroxylation is 2. The van der Waals surface area contributed by atoms with E-state index in [0.717, 1.165) is 28.0 Å². The molecule has 0 spiro atoms. The monoisotopic (exact) mass is 415 g/mol. The molecule has 0 fully saturated rings. The molecule has 0 radical (unpaired) electrons. The van der Waals surface area contributed by atoms with Crippen molar-refractivity contribution in [2.24, 2.45) is 0 Å². The Kier molecular flexibility index (Phi) is 4.85. The van der Waals surface area contributed by atoms with Crippen LogP contribution in [-0.4, -0.2) is 14.5 Å². The molecule has 0 amide bonds. The molecule has 0 aliphatic heterocycles. The standard InChI is InChI=1S/C21H16Cl3N3/c1-12-9-18-19(10-13(12)2)27(11-15-16(22)6-3-7-17(15)23)21(26-18)14-5-4-8-25-20(14)24/h3-10H,11H2,1-2H3. The van der Waals surface area contributed by atoms with Crippen LogP contribution in [0.25, 0.3) is 22.4 Å². The third-order valence-corrected chi connectivity index (χ3v) is 5.75. The second-order valence-corrected chi connectivity index (χ2v) is 7.66. The molecule has 3 nitrogen and oxygen atoms in total. The van der Waals surface area contributed by atoms with Gasteiger partial charge in [0.05, 0.1) is 23.1 Å². The van der Waals surface area contributed by atoms with Gasteiger partial charge in [-0.05, 0) is 61.4 Å². The Bertz CT molecular complexity index is 1140. The fraction of sp³-hybridized carbons (Fsp3) is 0.143. The molecule has 4 rings (SSSR count). The van der Waals surface area contributed by atoms with E-state index in [1.807, 2.05) is 30.3 Å². The molecule has 0 saturated carbocycles. The maximum absolute atomic E-state index is 6.43. The maximum Gasteiger partial charge on any atom is 0.144 e. The highest BCUT2D eigenvalue weighted by Gasteiger charge is 2.18. The van der Waals surface area contributed by atoms with Crippen LogP contribution in [0.4, 0.5) is 0 Å². The van der Waals surface area contributed by atoms with Gasteiger partial charge < -0.3 is 4.57 Å². The predicted octanol–water partition coefficient (Wildman–Crippen LogP) is 6.72. The van der Waals surface area contributed by atoms with Gasteiger partial charge in [0.15, 0.2) is 0 Å². The van der Waals surface area contributed by atoms with Crippen molar-refractivity contribution in [2.45, 2.75) is 20.4 Å². The molecule has 0 bridgehead atoms. The molecule has 2 aromatic heterocycles. The van der Waals surface area contributed by atoms with Crippen LogP contribution in [-0.2, 0) is 6.54 Å². The van der Waals surface area contributed by atoms with Gasteiger partial charge in [-0.2, -0.15) is 0 Å². The summed E-state index contributed by atoms with van der Waals surface area (Å²) in [6.07, 6.45) is 1.66. The minimum absolute atomic E-state index is 0.410. The van der Waals surface area contributed by atoms with Crippen LogP contribution in [0.2, 0.25) is 15.2 Å². The third-order valence-electron chi connectivity index (χ3n) is 4.74. The van der Waals surface area contributed by atoms with Crippen molar-refractivity contribution in [1.82, 2.24) is 14.5 Å². The number of hydrogen-bond acceptors (Lipinski definition) is 2. The van der Waals surface area contributed by atoms with Crippen LogP contribution in [0.1, 0.15) is 16.7 Å². The van der Waals surface area contributed by atoms with E-state index in [0.29, 0.717) is 21.7 Å². The lowest BCUT2D eigenvalue weighted by Crippen LogP contribution is -2.04. The zero-order valence-electron chi connectivity index (χ0n) is 14.8. The number of halogens is 3. The van der Waals surface area contributed by atoms with E-state index >= 15 is 0 Å². The second-order valence-electron chi connectivity index (χ2n) is 6.49. The van der Waals surface area contributed by atoms with Gasteiger partial charge in [0.25, 0.3) is 0 Å². The highest BCUT2D eigenvalue weighted by atomic mass is 35.5. The lowest BCUT2D eigenvalue weighted by Gasteiger charge is -2.13. The largest absolute Gasteiger partial charge is 0.319 e. The molecule has 136 valence electrons. The minimum Gasteiger partial charge on any atom is -0.319 e. The quantitative estimate of drug-likeness (QED) is 0.347. The van der Waals surface area contributed by atoms with Crippen molar-refractivity contribution < 1.29 is 0 Å². The molecule has 2 heterocycles. The Labute approximate surface area is 172 Å². The first kappa shape index (κ1) is 18.3. The molecule has 0 N–H and O–H groups in total. The first-order chi connectivity index (χ1) is 13.0. The fourth-order valence-electron chi connectivity index (χ4n) is 3.14. The number of fused-ring (bicyclic) bond motifs is 1. The van der Waals surface area contributed by atoms with Gasteiger partial charge in [-0.3, -0.25) is 0 Å². The predicted molar refractivity (Wildman–Crippen MR) is 113 cm³/mol. The Morgan fingerprint density at radius 2 is 1.63 bits per heavy atom. The fourth-order valence-corrected chi connectivity index (χ4v) is 3.86. The van der Waals surface area contributed by atoms with Crippen LogP contribution in [0.15, 0.2) is 48.7 Å². The molecule has 2 aromatic carbocycles. The van der Waals surface area contributed by atoms with E-state index in [1.54, 1.807) is 6.20 Å². The summed E-state index contributed by atoms with van der Waals surface area (Å²) in [7, 11) is 0. The molecule has 27 heavy (non-hydrogen) atoms. The van der Waals surface area contributed by atoms with E-state index < -0.39 is 0 Å². The molecule has 0 aliphatic carbocycles. The Morgan fingerprint density at radius 3 is 2.33 bits per heavy atom. The van der Waals surface area contributed by atoms with Crippen molar-refractivity contribution in [2.75, 3.05) is 0 Å². The topological polar surface area (TPSA) is 30.7 Å². The number of rotatable bonds is 3. The van der Waals surface area contributed by atoms with Crippen molar-refractivity contribution in [3.63, 3.8) is 0 Å². The minimum atomic E-state index is 0.410. The van der Waals surface area contributed by atoms with E-state index in [1.165, 1.54) is 11.1 Å². The summed E-state index contributed by atoms with van der Waals surface area (Å²) in [5.41, 5.74) is 5.90. The smallest absolute Gasteiger partial charge is 0.144 e. The zero-order valence-corrected chi connectivity index (χ0v) is 17.1. The zero-order chi connectivity index (χ0) is 19.1. The van der Waals surface area contributed by atoms with Gasteiger partial charge in [-0.15, -0.1) is 0 Å². The first-order valence-corrected chi connectivity index (χ1v) is 9.60. The van der Waals surface area contributed by atoms with Gasteiger partial charge in [-0.1, -0.05) is 40.9 Å². The van der Waals surface area contributed by atoms with Crippen LogP contribution in [0.3, 0.4) is 0 Å². The summed E-state index contributed by atoms with van der Waals surface area (Å²) < 4.78 is 2.09. The molecule has 0 unspecified atom stereocenters. The number of hydrogen-bond donors (Lipinski definition) is 0. The molecular formula is C21H16Cl3N3. The summed E-state index contributed by atoms with van der Waals surface area (Å²) in [4.78, 5) is 9.06. The van der Waals surface area contributed by atoms with E-state index in [-0.39, 0.29) is 0 Å². The number of aromatic nitrogens is 3. The van der Waals surface area contributed by atoms with Crippen molar-refractivity contribution in [1.29, 1.82) is 0 Å². The van der Waals surface area contributed by atoms with E-state index in [4.69, 9.17) is 39.8 Å². The van der Waals surface area contributed by atoms with Gasteiger partial charge in [-0.25, -0.2) is 9.97 Å². The Balaban J connectivity index is 2.00. The first-order valence-electron chi connectivity index (χ1n) is 8.47. The average molecular weight is 417 g/mol. The number of nitrogens with zero attached hydrogens (tertiary/aromatic N) is 3. The molecule has 0 saturated heterocycles. The van der Waals surface area contributed by atoms with Crippen molar-refractivity contribution in [3.8, 4) is 11.4 Å². The Hall–Kier alpha value is -2.07. The van der Waals surface area contributed by atoms with E-state index in [2.05, 4.69) is 35.5 Å². The average Bonchev–Trinajstić information content (AvgIpc) is 2.96. The third kappa shape index (κ3) is 3.31. The highest BCUT2D eigenvalue weighted by Crippen LogP contribution is 2.33. The number of benzene rings is 2. The van der Waals surface area contributed by atoms with Crippen LogP contribution < -0.4 is 0 Å². The summed E-state index contributed by atoms with van der Waals surface area (Å²) in [6.45, 7) is 4.65. The molecule has 4 aromatic rings. The molecular weight excluding hydrogens is 401 g/mol. The van der Waals surface area contributed by atoms with Crippen LogP contribution in [0.5, 0.6) is 0 Å². The molecule has 0 aliphatic rings. The Morgan fingerprint density at radius 1 is 0.926 bits per heavy atom. The lowest BCUT2D eigenvalue weighted by molar-refractivity contribution is 0.834. The van der Waals surface area contributed by atoms with Gasteiger partial charge in [0.2, 0.25) is 0 Å². The van der Waals surface area contributed by atoms with Gasteiger partial charge in [0.1, 0.15) is 11.0 Å². The summed E-state index contributed by atoms with van der Waals surface area (Å²) in [5, 5.41) is 1.65. The molecule has 0 atom stereocenters.